The number of aromatic nitrogens is 4. The van der Waals surface area contributed by atoms with Crippen LogP contribution in [0.25, 0.3) is 10.2 Å². The van der Waals surface area contributed by atoms with E-state index in [9.17, 15) is 23.1 Å². The molecule has 3 atom stereocenters. The highest BCUT2D eigenvalue weighted by molar-refractivity contribution is 7.18. The predicted molar refractivity (Wildman–Crippen MR) is 116 cm³/mol. The minimum Gasteiger partial charge on any atom is -0.391 e. The molecule has 0 unspecified atom stereocenters. The lowest BCUT2D eigenvalue weighted by atomic mass is 10.0. The number of amides is 1. The Kier molecular flexibility index (Phi) is 5.43. The number of benzene rings is 1. The number of rotatable bonds is 5. The van der Waals surface area contributed by atoms with Crippen LogP contribution in [0.2, 0.25) is 0 Å². The summed E-state index contributed by atoms with van der Waals surface area (Å²) in [6, 6.07) is 2.34. The quantitative estimate of drug-likeness (QED) is 0.589. The molecule has 1 aliphatic heterocycles. The average Bonchev–Trinajstić information content (AvgIpc) is 3.15. The summed E-state index contributed by atoms with van der Waals surface area (Å²) < 4.78 is 41.3. The number of hydrogen-bond donors (Lipinski definition) is 1. The Labute approximate surface area is 192 Å². The molecule has 7 nitrogen and oxygen atoms in total. The number of thiazole rings is 1. The molecule has 2 fully saturated rings. The molecule has 3 heterocycles. The molecule has 0 bridgehead atoms. The van der Waals surface area contributed by atoms with Crippen LogP contribution in [-0.2, 0) is 11.0 Å². The summed E-state index contributed by atoms with van der Waals surface area (Å²) in [6.45, 7) is 4.00. The summed E-state index contributed by atoms with van der Waals surface area (Å²) in [5.74, 6) is 0.135. The lowest BCUT2D eigenvalue weighted by molar-refractivity contribution is -0.138. The largest absolute Gasteiger partial charge is 0.416 e. The molecule has 0 spiro atoms. The van der Waals surface area contributed by atoms with Crippen molar-refractivity contribution in [3.8, 4) is 0 Å². The maximum atomic E-state index is 13.7. The third-order valence-corrected chi connectivity index (χ3v) is 7.39. The Morgan fingerprint density at radius 1 is 1.27 bits per heavy atom. The number of fused-ring (bicyclic) bond motifs is 1. The van der Waals surface area contributed by atoms with E-state index < -0.39 is 29.9 Å². The van der Waals surface area contributed by atoms with Crippen molar-refractivity contribution in [2.45, 2.75) is 63.4 Å². The molecular formula is C22H24F3N5O2S. The molecule has 1 saturated carbocycles. The van der Waals surface area contributed by atoms with Crippen molar-refractivity contribution in [3.05, 3.63) is 40.7 Å². The number of aliphatic hydroxyl groups excluding tert-OH is 1. The topological polar surface area (TPSA) is 84.1 Å². The van der Waals surface area contributed by atoms with Crippen LogP contribution in [0.15, 0.2) is 24.4 Å². The van der Waals surface area contributed by atoms with Gasteiger partial charge in [0.05, 0.1) is 33.6 Å². The second-order valence-corrected chi connectivity index (χ2v) is 10.3. The van der Waals surface area contributed by atoms with Crippen molar-refractivity contribution >= 4 is 27.5 Å². The normalized spacial score (nSPS) is 22.5. The molecule has 176 valence electrons. The molecule has 0 radical (unpaired) electrons. The highest BCUT2D eigenvalue weighted by atomic mass is 32.1. The second-order valence-electron chi connectivity index (χ2n) is 9.21. The van der Waals surface area contributed by atoms with E-state index in [2.05, 4.69) is 15.3 Å². The number of β-amino-alcohol motifs (C(OH)–C–C–N with tert-alkyl or cyclic N) is 1. The number of likely N-dealkylation sites (tertiary alicyclic amines) is 1. The molecule has 1 aliphatic carbocycles. The number of hydrogen-bond acceptors (Lipinski definition) is 6. The fraction of sp³-hybridized carbons (Fsp3) is 0.545. The first-order chi connectivity index (χ1) is 15.6. The van der Waals surface area contributed by atoms with Gasteiger partial charge < -0.3 is 10.0 Å². The smallest absolute Gasteiger partial charge is 0.391 e. The molecule has 3 aromatic rings. The van der Waals surface area contributed by atoms with Crippen LogP contribution in [0.4, 0.5) is 13.2 Å². The predicted octanol–water partition coefficient (Wildman–Crippen LogP) is 4.32. The molecule has 1 saturated heterocycles. The Bertz CT molecular complexity index is 1190. The van der Waals surface area contributed by atoms with E-state index in [1.807, 2.05) is 20.0 Å². The Morgan fingerprint density at radius 3 is 2.70 bits per heavy atom. The first-order valence-corrected chi connectivity index (χ1v) is 11.8. The SMILES string of the molecule is CC(C)[C@@H](C(=O)N1C[C@H](O)C[C@H]1c1nc2ccc(C(F)(F)F)cc2s1)n1cc(C2CC2)nn1. The van der Waals surface area contributed by atoms with Gasteiger partial charge >= 0.3 is 6.18 Å². The first kappa shape index (κ1) is 22.3. The van der Waals surface area contributed by atoms with Gasteiger partial charge in [0.15, 0.2) is 0 Å². The molecule has 33 heavy (non-hydrogen) atoms. The van der Waals surface area contributed by atoms with E-state index in [-0.39, 0.29) is 24.8 Å². The van der Waals surface area contributed by atoms with Gasteiger partial charge in [0.1, 0.15) is 11.0 Å². The van der Waals surface area contributed by atoms with Gasteiger partial charge in [0.25, 0.3) is 0 Å². The maximum Gasteiger partial charge on any atom is 0.416 e. The van der Waals surface area contributed by atoms with Crippen LogP contribution in [0, 0.1) is 5.92 Å². The third-order valence-electron chi connectivity index (χ3n) is 6.27. The summed E-state index contributed by atoms with van der Waals surface area (Å²) in [4.78, 5) is 19.8. The fourth-order valence-electron chi connectivity index (χ4n) is 4.42. The van der Waals surface area contributed by atoms with Crippen LogP contribution in [0.3, 0.4) is 0 Å². The minimum absolute atomic E-state index is 0.0747. The molecule has 11 heteroatoms. The zero-order chi connectivity index (χ0) is 23.5. The van der Waals surface area contributed by atoms with Gasteiger partial charge in [-0.2, -0.15) is 13.2 Å². The van der Waals surface area contributed by atoms with E-state index in [1.165, 1.54) is 6.07 Å². The molecule has 1 N–H and O–H groups in total. The van der Waals surface area contributed by atoms with E-state index >= 15 is 0 Å². The fourth-order valence-corrected chi connectivity index (χ4v) is 5.55. The van der Waals surface area contributed by atoms with Gasteiger partial charge in [-0.25, -0.2) is 9.67 Å². The van der Waals surface area contributed by atoms with Crippen molar-refractivity contribution in [1.82, 2.24) is 24.9 Å². The van der Waals surface area contributed by atoms with E-state index in [4.69, 9.17) is 0 Å². The monoisotopic (exact) mass is 479 g/mol. The molecule has 5 rings (SSSR count). The number of alkyl halides is 3. The van der Waals surface area contributed by atoms with Gasteiger partial charge in [-0.1, -0.05) is 19.1 Å². The maximum absolute atomic E-state index is 13.7. The molecule has 1 amide bonds. The zero-order valence-electron chi connectivity index (χ0n) is 18.2. The van der Waals surface area contributed by atoms with Gasteiger partial charge in [-0.15, -0.1) is 16.4 Å². The number of halogens is 3. The van der Waals surface area contributed by atoms with Crippen LogP contribution >= 0.6 is 11.3 Å². The second kappa shape index (κ2) is 8.05. The van der Waals surface area contributed by atoms with E-state index in [0.29, 0.717) is 21.1 Å². The average molecular weight is 480 g/mol. The lowest BCUT2D eigenvalue weighted by Gasteiger charge is -2.29. The van der Waals surface area contributed by atoms with Crippen LogP contribution in [0.5, 0.6) is 0 Å². The van der Waals surface area contributed by atoms with E-state index in [0.717, 1.165) is 42.0 Å². The van der Waals surface area contributed by atoms with Gasteiger partial charge in [0.2, 0.25) is 5.91 Å². The van der Waals surface area contributed by atoms with Crippen LogP contribution in [0.1, 0.15) is 67.4 Å². The molecule has 2 aliphatic rings. The van der Waals surface area contributed by atoms with Crippen molar-refractivity contribution in [3.63, 3.8) is 0 Å². The summed E-state index contributed by atoms with van der Waals surface area (Å²) in [7, 11) is 0. The Hall–Kier alpha value is -2.53. The Balaban J connectivity index is 1.45. The number of aliphatic hydroxyl groups is 1. The van der Waals surface area contributed by atoms with Gasteiger partial charge in [-0.05, 0) is 37.0 Å². The van der Waals surface area contributed by atoms with Crippen LogP contribution in [-0.4, -0.2) is 48.5 Å². The minimum atomic E-state index is -4.44. The number of nitrogens with zero attached hydrogens (tertiary/aromatic N) is 5. The lowest BCUT2D eigenvalue weighted by Crippen LogP contribution is -2.40. The highest BCUT2D eigenvalue weighted by Gasteiger charge is 2.42. The molecular weight excluding hydrogens is 455 g/mol. The zero-order valence-corrected chi connectivity index (χ0v) is 19.0. The summed E-state index contributed by atoms with van der Waals surface area (Å²) in [5.41, 5.74) is 0.600. The van der Waals surface area contributed by atoms with Gasteiger partial charge in [-0.3, -0.25) is 4.79 Å². The van der Waals surface area contributed by atoms with Crippen molar-refractivity contribution in [1.29, 1.82) is 0 Å². The molecule has 1 aromatic carbocycles. The van der Waals surface area contributed by atoms with Crippen molar-refractivity contribution in [2.24, 2.45) is 5.92 Å². The third kappa shape index (κ3) is 4.23. The summed E-state index contributed by atoms with van der Waals surface area (Å²) in [6.07, 6.45) is -0.904. The van der Waals surface area contributed by atoms with Crippen molar-refractivity contribution in [2.75, 3.05) is 6.54 Å². The summed E-state index contributed by atoms with van der Waals surface area (Å²) >= 11 is 1.13. The standard InChI is InChI=1S/C22H24F3N5O2S/c1-11(2)19(30-10-16(27-28-30)12-3-4-12)21(32)29-9-14(31)8-17(29)20-26-15-6-5-13(22(23,24)25)7-18(15)33-20/h5-7,10-12,14,17,19,31H,3-4,8-9H2,1-2H3/t14-,17+,19+/m1/s1. The van der Waals surface area contributed by atoms with Crippen molar-refractivity contribution < 1.29 is 23.1 Å². The van der Waals surface area contributed by atoms with Gasteiger partial charge in [0, 0.05) is 25.1 Å². The number of carbonyl (C=O) groups is 1. The summed E-state index contributed by atoms with van der Waals surface area (Å²) in [5, 5.41) is 19.3. The first-order valence-electron chi connectivity index (χ1n) is 11.0. The Morgan fingerprint density at radius 2 is 2.03 bits per heavy atom. The van der Waals surface area contributed by atoms with Crippen LogP contribution < -0.4 is 0 Å². The molecule has 2 aromatic heterocycles. The number of carbonyl (C=O) groups excluding carboxylic acids is 1. The van der Waals surface area contributed by atoms with E-state index in [1.54, 1.807) is 9.58 Å². The highest BCUT2D eigenvalue weighted by Crippen LogP contribution is 2.41.